The number of nitrogens with two attached hydrogens (primary N) is 1. The lowest BCUT2D eigenvalue weighted by Crippen LogP contribution is -3.18. The lowest BCUT2D eigenvalue weighted by molar-refractivity contribution is -1.15. The standard InChI is InChI=1S/C2H5N5O4/c3-5-2(8)1-4(6(5)9)7(10)11/h6H,1,3H2. The molecule has 1 fully saturated rings. The molecule has 0 saturated carbocycles. The van der Waals surface area contributed by atoms with E-state index in [0.29, 0.717) is 0 Å². The van der Waals surface area contributed by atoms with Gasteiger partial charge in [-0.2, -0.15) is 5.84 Å². The third kappa shape index (κ3) is 1.07. The second kappa shape index (κ2) is 2.30. The Hall–Kier alpha value is -1.45. The van der Waals surface area contributed by atoms with Gasteiger partial charge in [0.25, 0.3) is 0 Å². The minimum Gasteiger partial charge on any atom is -0.577 e. The van der Waals surface area contributed by atoms with E-state index in [0.717, 1.165) is 0 Å². The van der Waals surface area contributed by atoms with Crippen LogP contribution in [0.1, 0.15) is 0 Å². The van der Waals surface area contributed by atoms with Crippen LogP contribution in [0.15, 0.2) is 0 Å². The van der Waals surface area contributed by atoms with Crippen molar-refractivity contribution in [3.63, 3.8) is 0 Å². The van der Waals surface area contributed by atoms with Crippen molar-refractivity contribution in [2.75, 3.05) is 6.54 Å². The average Bonchev–Trinajstić information content (AvgIpc) is 2.17. The Labute approximate surface area is 60.2 Å². The Morgan fingerprint density at radius 3 is 2.45 bits per heavy atom. The number of carbonyl (C=O) groups excluding carboxylic acids is 1. The summed E-state index contributed by atoms with van der Waals surface area (Å²) >= 11 is 0. The van der Waals surface area contributed by atoms with Gasteiger partial charge in [0.2, 0.25) is 11.6 Å². The van der Waals surface area contributed by atoms with E-state index in [1.165, 1.54) is 0 Å². The summed E-state index contributed by atoms with van der Waals surface area (Å²) in [6.07, 6.45) is 0. The molecule has 9 nitrogen and oxygen atoms in total. The van der Waals surface area contributed by atoms with E-state index in [-0.39, 0.29) is 10.2 Å². The highest BCUT2D eigenvalue weighted by molar-refractivity contribution is 5.76. The fraction of sp³-hybridized carbons (Fsp3) is 0.500. The van der Waals surface area contributed by atoms with Crippen LogP contribution in [-0.4, -0.2) is 27.7 Å². The van der Waals surface area contributed by atoms with Crippen molar-refractivity contribution in [2.24, 2.45) is 5.84 Å². The Kier molecular flexibility index (Phi) is 1.60. The Morgan fingerprint density at radius 1 is 1.73 bits per heavy atom. The van der Waals surface area contributed by atoms with Gasteiger partial charge in [0.1, 0.15) is 0 Å². The van der Waals surface area contributed by atoms with Crippen LogP contribution in [0.4, 0.5) is 0 Å². The van der Waals surface area contributed by atoms with Crippen LogP contribution in [0.3, 0.4) is 0 Å². The summed E-state index contributed by atoms with van der Waals surface area (Å²) in [6.45, 7) is -0.595. The second-order valence-electron chi connectivity index (χ2n) is 1.84. The normalized spacial score (nSPS) is 24.5. The first-order chi connectivity index (χ1) is 5.04. The molecule has 1 aliphatic heterocycles. The fourth-order valence-corrected chi connectivity index (χ4v) is 0.631. The molecule has 1 amide bonds. The molecule has 9 heteroatoms. The molecule has 11 heavy (non-hydrogen) atoms. The van der Waals surface area contributed by atoms with Gasteiger partial charge in [-0.05, 0) is 0 Å². The predicted molar refractivity (Wildman–Crippen MR) is 29.1 cm³/mol. The molecule has 0 aromatic heterocycles. The highest BCUT2D eigenvalue weighted by atomic mass is 16.8. The molecule has 1 heterocycles. The van der Waals surface area contributed by atoms with Crippen LogP contribution in [-0.2, 0) is 4.79 Å². The molecular weight excluding hydrogens is 158 g/mol. The Balaban J connectivity index is 2.74. The fourth-order valence-electron chi connectivity index (χ4n) is 0.631. The summed E-state index contributed by atoms with van der Waals surface area (Å²) in [4.78, 5) is 20.5. The van der Waals surface area contributed by atoms with Crippen molar-refractivity contribution >= 4 is 5.91 Å². The van der Waals surface area contributed by atoms with E-state index < -0.39 is 22.8 Å². The van der Waals surface area contributed by atoms with Crippen molar-refractivity contribution in [3.8, 4) is 0 Å². The van der Waals surface area contributed by atoms with Crippen molar-refractivity contribution < 1.29 is 15.1 Å². The van der Waals surface area contributed by atoms with Crippen LogP contribution in [0.25, 0.3) is 0 Å². The summed E-state index contributed by atoms with van der Waals surface area (Å²) in [5.74, 6) is 4.05. The first kappa shape index (κ1) is 7.65. The topological polar surface area (TPSA) is 120 Å². The highest BCUT2D eigenvalue weighted by Crippen LogP contribution is 1.87. The maximum Gasteiger partial charge on any atom is 0.320 e. The van der Waals surface area contributed by atoms with E-state index in [2.05, 4.69) is 0 Å². The summed E-state index contributed by atoms with van der Waals surface area (Å²) < 4.78 is 0. The zero-order valence-electron chi connectivity index (χ0n) is 5.26. The van der Waals surface area contributed by atoms with E-state index in [9.17, 15) is 20.1 Å². The molecule has 1 atom stereocenters. The van der Waals surface area contributed by atoms with Gasteiger partial charge in [0, 0.05) is 0 Å². The maximum atomic E-state index is 10.6. The molecule has 0 radical (unpaired) electrons. The lowest BCUT2D eigenvalue weighted by atomic mass is 10.6. The number of nitrogens with zero attached hydrogens (tertiary/aromatic N) is 3. The monoisotopic (exact) mass is 163 g/mol. The minimum atomic E-state index is -1.11. The Bertz CT molecular complexity index is 205. The van der Waals surface area contributed by atoms with Crippen LogP contribution in [0.5, 0.6) is 0 Å². The minimum absolute atomic E-state index is 0.141. The number of amides is 1. The van der Waals surface area contributed by atoms with Gasteiger partial charge < -0.3 is 5.21 Å². The van der Waals surface area contributed by atoms with E-state index in [4.69, 9.17) is 5.84 Å². The number of nitro groups is 1. The summed E-state index contributed by atoms with van der Waals surface area (Å²) in [5.41, 5.74) is 0. The lowest BCUT2D eigenvalue weighted by Gasteiger charge is -2.20. The largest absolute Gasteiger partial charge is 0.577 e. The van der Waals surface area contributed by atoms with Crippen LogP contribution < -0.4 is 11.1 Å². The molecule has 1 rings (SSSR count). The smallest absolute Gasteiger partial charge is 0.320 e. The van der Waals surface area contributed by atoms with E-state index >= 15 is 0 Å². The number of hydrogen-bond acceptors (Lipinski definition) is 5. The van der Waals surface area contributed by atoms with Gasteiger partial charge in [-0.15, -0.1) is 0 Å². The van der Waals surface area contributed by atoms with E-state index in [1.54, 1.807) is 0 Å². The molecule has 0 aromatic rings. The molecule has 0 aliphatic carbocycles. The predicted octanol–water partition coefficient (Wildman–Crippen LogP) is -3.59. The zero-order chi connectivity index (χ0) is 8.59. The van der Waals surface area contributed by atoms with Gasteiger partial charge in [-0.1, -0.05) is 10.4 Å². The third-order valence-corrected chi connectivity index (χ3v) is 1.18. The quantitative estimate of drug-likeness (QED) is 0.135. The summed E-state index contributed by atoms with van der Waals surface area (Å²) in [5, 5.41) is 18.9. The van der Waals surface area contributed by atoms with Gasteiger partial charge >= 0.3 is 5.91 Å². The molecule has 0 spiro atoms. The summed E-state index contributed by atoms with van der Waals surface area (Å²) in [7, 11) is 0. The molecule has 62 valence electrons. The molecule has 1 saturated heterocycles. The SMILES string of the molecule is NN1C(=O)CN([N+](=O)[O-])[NH+]1[O-]. The second-order valence-corrected chi connectivity index (χ2v) is 1.84. The first-order valence-electron chi connectivity index (χ1n) is 2.57. The van der Waals surface area contributed by atoms with Crippen LogP contribution in [0.2, 0.25) is 0 Å². The molecule has 3 N–H and O–H groups in total. The number of nitrogens with one attached hydrogen (secondary N) is 1. The van der Waals surface area contributed by atoms with Crippen molar-refractivity contribution in [1.29, 1.82) is 0 Å². The van der Waals surface area contributed by atoms with Gasteiger partial charge in [0.15, 0.2) is 0 Å². The highest BCUT2D eigenvalue weighted by Gasteiger charge is 2.41. The molecule has 0 aromatic carbocycles. The molecule has 1 aliphatic rings. The number of hydrazine groups is 2. The van der Waals surface area contributed by atoms with Gasteiger partial charge in [0.05, 0.1) is 5.12 Å². The average molecular weight is 163 g/mol. The molecular formula is C2H5N5O4. The number of rotatable bonds is 1. The third-order valence-electron chi connectivity index (χ3n) is 1.18. The zero-order valence-corrected chi connectivity index (χ0v) is 5.26. The molecule has 1 unspecified atom stereocenters. The van der Waals surface area contributed by atoms with Gasteiger partial charge in [-0.25, -0.2) is 10.1 Å². The van der Waals surface area contributed by atoms with Crippen molar-refractivity contribution in [3.05, 3.63) is 15.3 Å². The van der Waals surface area contributed by atoms with Crippen LogP contribution >= 0.6 is 0 Å². The van der Waals surface area contributed by atoms with E-state index in [1.807, 2.05) is 0 Å². The number of carbonyl (C=O) groups is 1. The Morgan fingerprint density at radius 2 is 2.27 bits per heavy atom. The van der Waals surface area contributed by atoms with Crippen LogP contribution in [0, 0.1) is 15.3 Å². The molecule has 0 bridgehead atoms. The number of hydrogen-bond donors (Lipinski definition) is 2. The summed E-state index contributed by atoms with van der Waals surface area (Å²) in [6, 6.07) is 0. The maximum absolute atomic E-state index is 10.6. The van der Waals surface area contributed by atoms with Gasteiger partial charge in [-0.3, -0.25) is 4.79 Å². The number of quaternary nitrogens is 1. The van der Waals surface area contributed by atoms with Crippen molar-refractivity contribution in [2.45, 2.75) is 0 Å². The first-order valence-corrected chi connectivity index (χ1v) is 2.57. The van der Waals surface area contributed by atoms with Crippen molar-refractivity contribution in [1.82, 2.24) is 10.2 Å².